The molecular formula is C2H3NO5. The number of carbonyl (C=O) groups is 1. The SMILES string of the molecule is O=C(O)CO[N+](=O)[O-]. The number of hydrogen-bond acceptors (Lipinski definition) is 4. The molecule has 0 aliphatic heterocycles. The summed E-state index contributed by atoms with van der Waals surface area (Å²) in [5, 5.41) is 15.8. The molecule has 46 valence electrons. The van der Waals surface area contributed by atoms with Crippen molar-refractivity contribution in [3.05, 3.63) is 10.1 Å². The van der Waals surface area contributed by atoms with Gasteiger partial charge in [-0.05, 0) is 0 Å². The molecule has 0 saturated carbocycles. The van der Waals surface area contributed by atoms with Crippen LogP contribution in [0.1, 0.15) is 0 Å². The van der Waals surface area contributed by atoms with Gasteiger partial charge in [0.25, 0.3) is 5.09 Å². The van der Waals surface area contributed by atoms with Crippen molar-refractivity contribution in [3.63, 3.8) is 0 Å². The molecule has 0 bridgehead atoms. The van der Waals surface area contributed by atoms with Crippen LogP contribution in [0.4, 0.5) is 0 Å². The van der Waals surface area contributed by atoms with Gasteiger partial charge in [-0.2, -0.15) is 0 Å². The second-order valence-electron chi connectivity index (χ2n) is 0.891. The highest BCUT2D eigenvalue weighted by molar-refractivity contribution is 5.67. The maximum Gasteiger partial charge on any atom is 0.329 e. The molecule has 6 nitrogen and oxygen atoms in total. The van der Waals surface area contributed by atoms with Gasteiger partial charge in [0, 0.05) is 0 Å². The molecule has 0 unspecified atom stereocenters. The summed E-state index contributed by atoms with van der Waals surface area (Å²) in [6.45, 7) is -0.896. The Morgan fingerprint density at radius 1 is 1.88 bits per heavy atom. The molecule has 0 aromatic carbocycles. The van der Waals surface area contributed by atoms with E-state index in [1.54, 1.807) is 0 Å². The number of aliphatic carboxylic acids is 1. The fourth-order valence-electron chi connectivity index (χ4n) is 0.108. The van der Waals surface area contributed by atoms with Crippen molar-refractivity contribution in [2.75, 3.05) is 6.61 Å². The molecule has 0 aliphatic rings. The molecule has 0 fully saturated rings. The number of carboxylic acids is 1. The van der Waals surface area contributed by atoms with Crippen LogP contribution in [-0.4, -0.2) is 22.8 Å². The lowest BCUT2D eigenvalue weighted by Crippen LogP contribution is -2.10. The first-order chi connectivity index (χ1) is 3.63. The van der Waals surface area contributed by atoms with Gasteiger partial charge >= 0.3 is 5.97 Å². The maximum atomic E-state index is 9.47. The van der Waals surface area contributed by atoms with Gasteiger partial charge in [-0.25, -0.2) is 0 Å². The summed E-state index contributed by atoms with van der Waals surface area (Å²) in [4.78, 5) is 22.1. The minimum absolute atomic E-state index is 0.896. The third-order valence-corrected chi connectivity index (χ3v) is 0.293. The van der Waals surface area contributed by atoms with Gasteiger partial charge < -0.3 is 9.94 Å². The van der Waals surface area contributed by atoms with Crippen LogP contribution < -0.4 is 0 Å². The fraction of sp³-hybridized carbons (Fsp3) is 0.500. The quantitative estimate of drug-likeness (QED) is 0.393. The second kappa shape index (κ2) is 2.78. The molecule has 0 radical (unpaired) electrons. The van der Waals surface area contributed by atoms with Gasteiger partial charge in [0.05, 0.1) is 0 Å². The summed E-state index contributed by atoms with van der Waals surface area (Å²) in [7, 11) is 0. The Hall–Kier alpha value is -1.33. The summed E-state index contributed by atoms with van der Waals surface area (Å²) in [6.07, 6.45) is 0. The van der Waals surface area contributed by atoms with Crippen LogP contribution in [0.3, 0.4) is 0 Å². The van der Waals surface area contributed by atoms with E-state index in [0.29, 0.717) is 0 Å². The van der Waals surface area contributed by atoms with E-state index in [-0.39, 0.29) is 0 Å². The molecular weight excluding hydrogens is 118 g/mol. The van der Waals surface area contributed by atoms with Crippen molar-refractivity contribution < 1.29 is 19.8 Å². The van der Waals surface area contributed by atoms with Gasteiger partial charge in [-0.15, -0.1) is 10.1 Å². The van der Waals surface area contributed by atoms with Crippen LogP contribution in [0.25, 0.3) is 0 Å². The first-order valence-corrected chi connectivity index (χ1v) is 1.62. The minimum Gasteiger partial charge on any atom is -0.480 e. The summed E-state index contributed by atoms with van der Waals surface area (Å²) in [6, 6.07) is 0. The number of carboxylic acid groups (broad SMARTS) is 1. The number of hydrogen-bond donors (Lipinski definition) is 1. The maximum absolute atomic E-state index is 9.47. The number of rotatable bonds is 3. The van der Waals surface area contributed by atoms with Crippen molar-refractivity contribution in [1.82, 2.24) is 0 Å². The molecule has 0 aromatic rings. The smallest absolute Gasteiger partial charge is 0.329 e. The summed E-state index contributed by atoms with van der Waals surface area (Å²) in [5.41, 5.74) is 0. The van der Waals surface area contributed by atoms with E-state index in [1.807, 2.05) is 0 Å². The standard InChI is InChI=1S/C2H3NO5/c4-2(5)1-8-3(6)7/h1H2,(H,4,5). The molecule has 0 spiro atoms. The molecule has 0 aliphatic carbocycles. The average Bonchev–Trinajstić information content (AvgIpc) is 1.61. The predicted molar refractivity (Wildman–Crippen MR) is 20.6 cm³/mol. The number of nitrogens with zero attached hydrogens (tertiary/aromatic N) is 1. The molecule has 0 rings (SSSR count). The highest BCUT2D eigenvalue weighted by atomic mass is 17.0. The highest BCUT2D eigenvalue weighted by Gasteiger charge is 1.98. The van der Waals surface area contributed by atoms with E-state index in [0.717, 1.165) is 0 Å². The third-order valence-electron chi connectivity index (χ3n) is 0.293. The van der Waals surface area contributed by atoms with Gasteiger partial charge in [0.15, 0.2) is 6.61 Å². The topological polar surface area (TPSA) is 89.7 Å². The molecule has 0 heterocycles. The molecule has 0 saturated heterocycles. The van der Waals surface area contributed by atoms with E-state index in [4.69, 9.17) is 5.11 Å². The molecule has 0 atom stereocenters. The van der Waals surface area contributed by atoms with E-state index < -0.39 is 17.7 Å². The Balaban J connectivity index is 3.18. The van der Waals surface area contributed by atoms with Gasteiger partial charge in [0.2, 0.25) is 0 Å². The van der Waals surface area contributed by atoms with E-state index in [2.05, 4.69) is 4.84 Å². The first-order valence-electron chi connectivity index (χ1n) is 1.62. The van der Waals surface area contributed by atoms with E-state index in [1.165, 1.54) is 0 Å². The summed E-state index contributed by atoms with van der Waals surface area (Å²) in [5.74, 6) is -1.36. The van der Waals surface area contributed by atoms with Gasteiger partial charge in [-0.1, -0.05) is 0 Å². The zero-order valence-corrected chi connectivity index (χ0v) is 3.73. The largest absolute Gasteiger partial charge is 0.480 e. The van der Waals surface area contributed by atoms with Crippen LogP contribution in [0.2, 0.25) is 0 Å². The lowest BCUT2D eigenvalue weighted by atomic mass is 10.8. The Labute approximate surface area is 43.8 Å². The zero-order chi connectivity index (χ0) is 6.57. The molecule has 0 aromatic heterocycles. The second-order valence-corrected chi connectivity index (χ2v) is 0.891. The van der Waals surface area contributed by atoms with Crippen LogP contribution >= 0.6 is 0 Å². The third kappa shape index (κ3) is 4.67. The Kier molecular flexibility index (Phi) is 2.32. The predicted octanol–water partition coefficient (Wildman–Crippen LogP) is -0.721. The fourth-order valence-corrected chi connectivity index (χ4v) is 0.108. The monoisotopic (exact) mass is 121 g/mol. The Morgan fingerprint density at radius 3 is 2.50 bits per heavy atom. The Bertz CT molecular complexity index is 95.0. The van der Waals surface area contributed by atoms with Gasteiger partial charge in [-0.3, -0.25) is 4.79 Å². The lowest BCUT2D eigenvalue weighted by Gasteiger charge is -1.88. The molecule has 1 N–H and O–H groups in total. The van der Waals surface area contributed by atoms with Crippen LogP contribution in [0, 0.1) is 10.1 Å². The average molecular weight is 121 g/mol. The van der Waals surface area contributed by atoms with E-state index in [9.17, 15) is 14.9 Å². The van der Waals surface area contributed by atoms with Crippen molar-refractivity contribution in [3.8, 4) is 0 Å². The van der Waals surface area contributed by atoms with Crippen LogP contribution in [0.5, 0.6) is 0 Å². The minimum atomic E-state index is -1.36. The lowest BCUT2D eigenvalue weighted by molar-refractivity contribution is -0.754. The summed E-state index contributed by atoms with van der Waals surface area (Å²) < 4.78 is 0. The summed E-state index contributed by atoms with van der Waals surface area (Å²) >= 11 is 0. The van der Waals surface area contributed by atoms with Crippen molar-refractivity contribution in [2.45, 2.75) is 0 Å². The van der Waals surface area contributed by atoms with Gasteiger partial charge in [0.1, 0.15) is 0 Å². The van der Waals surface area contributed by atoms with E-state index >= 15 is 0 Å². The highest BCUT2D eigenvalue weighted by Crippen LogP contribution is 1.71. The molecule has 6 heteroatoms. The van der Waals surface area contributed by atoms with Crippen molar-refractivity contribution >= 4 is 5.97 Å². The van der Waals surface area contributed by atoms with Crippen LogP contribution in [-0.2, 0) is 9.63 Å². The Morgan fingerprint density at radius 2 is 2.38 bits per heavy atom. The van der Waals surface area contributed by atoms with Crippen LogP contribution in [0.15, 0.2) is 0 Å². The van der Waals surface area contributed by atoms with Crippen molar-refractivity contribution in [2.24, 2.45) is 0 Å². The first kappa shape index (κ1) is 6.67. The molecule has 0 amide bonds. The molecule has 8 heavy (non-hydrogen) atoms. The van der Waals surface area contributed by atoms with Crippen molar-refractivity contribution in [1.29, 1.82) is 0 Å². The normalized spacial score (nSPS) is 8.00. The zero-order valence-electron chi connectivity index (χ0n) is 3.73.